The number of halogens is 1. The van der Waals surface area contributed by atoms with Gasteiger partial charge in [0.25, 0.3) is 15.9 Å². The Hall–Kier alpha value is -4.34. The van der Waals surface area contributed by atoms with Crippen molar-refractivity contribution < 1.29 is 22.7 Å². The number of rotatable bonds is 12. The molecule has 224 valence electrons. The van der Waals surface area contributed by atoms with E-state index < -0.39 is 22.5 Å². The van der Waals surface area contributed by atoms with Crippen LogP contribution in [-0.4, -0.2) is 33.7 Å². The molecule has 4 aromatic rings. The fourth-order valence-electron chi connectivity index (χ4n) is 4.16. The van der Waals surface area contributed by atoms with Gasteiger partial charge in [0.2, 0.25) is 0 Å². The lowest BCUT2D eigenvalue weighted by Gasteiger charge is -2.24. The Kier molecular flexibility index (Phi) is 10.4. The number of carbonyl (C=O) groups excluding carboxylic acids is 1. The summed E-state index contributed by atoms with van der Waals surface area (Å²) in [5.41, 5.74) is 7.25. The van der Waals surface area contributed by atoms with Crippen LogP contribution in [-0.2, 0) is 21.4 Å². The van der Waals surface area contributed by atoms with Gasteiger partial charge < -0.3 is 9.47 Å². The molecule has 0 aliphatic carbocycles. The molecule has 4 aromatic carbocycles. The molecular weight excluding hydrogens is 586 g/mol. The second-order valence-corrected chi connectivity index (χ2v) is 12.2. The summed E-state index contributed by atoms with van der Waals surface area (Å²) < 4.78 is 40.1. The van der Waals surface area contributed by atoms with Crippen molar-refractivity contribution in [2.75, 3.05) is 17.5 Å². The van der Waals surface area contributed by atoms with Crippen LogP contribution in [0.2, 0.25) is 5.02 Å². The van der Waals surface area contributed by atoms with E-state index in [1.165, 1.54) is 18.3 Å². The SMILES string of the molecule is CCOc1cc(/C=N\NC(=O)CN(c2ccc(C)c(C)c2)S(=O)(=O)c2ccc(C)cc2)ccc1OCc1cccc(Cl)c1. The van der Waals surface area contributed by atoms with Crippen molar-refractivity contribution in [3.05, 3.63) is 118 Å². The number of sulfonamides is 1. The number of nitrogens with one attached hydrogen (secondary N) is 1. The molecule has 0 fully saturated rings. The molecule has 0 aliphatic rings. The monoisotopic (exact) mass is 619 g/mol. The minimum atomic E-state index is -4.03. The maximum Gasteiger partial charge on any atom is 0.264 e. The molecule has 43 heavy (non-hydrogen) atoms. The normalized spacial score (nSPS) is 11.4. The number of ether oxygens (including phenoxy) is 2. The summed E-state index contributed by atoms with van der Waals surface area (Å²) in [5, 5.41) is 4.69. The van der Waals surface area contributed by atoms with Crippen LogP contribution in [0.15, 0.2) is 94.9 Å². The lowest BCUT2D eigenvalue weighted by atomic mass is 10.1. The number of benzene rings is 4. The van der Waals surface area contributed by atoms with E-state index in [4.69, 9.17) is 21.1 Å². The van der Waals surface area contributed by atoms with Gasteiger partial charge in [0.05, 0.1) is 23.4 Å². The summed E-state index contributed by atoms with van der Waals surface area (Å²) in [7, 11) is -4.03. The molecule has 0 unspecified atom stereocenters. The highest BCUT2D eigenvalue weighted by atomic mass is 35.5. The van der Waals surface area contributed by atoms with Crippen LogP contribution in [0.3, 0.4) is 0 Å². The Labute approximate surface area is 258 Å². The van der Waals surface area contributed by atoms with E-state index in [1.54, 1.807) is 48.5 Å². The molecule has 1 amide bonds. The zero-order chi connectivity index (χ0) is 31.0. The average molecular weight is 620 g/mol. The summed E-state index contributed by atoms with van der Waals surface area (Å²) in [5.74, 6) is 0.468. The van der Waals surface area contributed by atoms with Crippen molar-refractivity contribution in [2.45, 2.75) is 39.2 Å². The summed E-state index contributed by atoms with van der Waals surface area (Å²) in [6.07, 6.45) is 1.45. The van der Waals surface area contributed by atoms with Crippen molar-refractivity contribution in [2.24, 2.45) is 5.10 Å². The molecule has 1 N–H and O–H groups in total. The van der Waals surface area contributed by atoms with E-state index in [9.17, 15) is 13.2 Å². The standard InChI is InChI=1S/C33H34ClN3O5S/c1-5-41-32-19-26(12-16-31(32)42-22-27-7-6-8-28(34)18-27)20-35-36-33(38)21-37(29-13-11-24(3)25(4)17-29)43(39,40)30-14-9-23(2)10-15-30/h6-20H,5,21-22H2,1-4H3,(H,36,38)/b35-20-. The van der Waals surface area contributed by atoms with Gasteiger partial charge in [0, 0.05) is 5.02 Å². The predicted octanol–water partition coefficient (Wildman–Crippen LogP) is 6.59. The highest BCUT2D eigenvalue weighted by molar-refractivity contribution is 7.92. The molecule has 0 bridgehead atoms. The molecular formula is C33H34ClN3O5S. The molecule has 0 heterocycles. The van der Waals surface area contributed by atoms with Gasteiger partial charge in [-0.25, -0.2) is 13.8 Å². The largest absolute Gasteiger partial charge is 0.490 e. The number of aryl methyl sites for hydroxylation is 3. The molecule has 0 aromatic heterocycles. The van der Waals surface area contributed by atoms with E-state index in [-0.39, 0.29) is 4.90 Å². The molecule has 0 aliphatic heterocycles. The minimum absolute atomic E-state index is 0.0914. The van der Waals surface area contributed by atoms with E-state index in [2.05, 4.69) is 10.5 Å². The van der Waals surface area contributed by atoms with E-state index in [0.717, 1.165) is 26.6 Å². The number of amides is 1. The fraction of sp³-hybridized carbons (Fsp3) is 0.212. The van der Waals surface area contributed by atoms with Crippen molar-refractivity contribution in [3.63, 3.8) is 0 Å². The molecule has 8 nitrogen and oxygen atoms in total. The molecule has 0 saturated heterocycles. The van der Waals surface area contributed by atoms with Crippen LogP contribution in [0.5, 0.6) is 11.5 Å². The smallest absolute Gasteiger partial charge is 0.264 e. The first-order valence-electron chi connectivity index (χ1n) is 13.7. The van der Waals surface area contributed by atoms with E-state index >= 15 is 0 Å². The summed E-state index contributed by atoms with van der Waals surface area (Å²) in [4.78, 5) is 13.1. The Morgan fingerprint density at radius 1 is 0.907 bits per heavy atom. The first-order chi connectivity index (χ1) is 20.6. The maximum absolute atomic E-state index is 13.6. The topological polar surface area (TPSA) is 97.3 Å². The summed E-state index contributed by atoms with van der Waals surface area (Å²) >= 11 is 6.07. The third kappa shape index (κ3) is 8.37. The minimum Gasteiger partial charge on any atom is -0.490 e. The van der Waals surface area contributed by atoms with Crippen LogP contribution in [0.1, 0.15) is 34.7 Å². The van der Waals surface area contributed by atoms with Gasteiger partial charge in [-0.15, -0.1) is 0 Å². The fourth-order valence-corrected chi connectivity index (χ4v) is 5.78. The van der Waals surface area contributed by atoms with E-state index in [0.29, 0.717) is 41.0 Å². The first-order valence-corrected chi connectivity index (χ1v) is 15.5. The van der Waals surface area contributed by atoms with Gasteiger partial charge >= 0.3 is 0 Å². The highest BCUT2D eigenvalue weighted by Gasteiger charge is 2.27. The predicted molar refractivity (Wildman–Crippen MR) is 171 cm³/mol. The number of anilines is 1. The summed E-state index contributed by atoms with van der Waals surface area (Å²) in [6, 6.07) is 24.5. The zero-order valence-corrected chi connectivity index (χ0v) is 26.1. The number of hydrogen-bond donors (Lipinski definition) is 1. The lowest BCUT2D eigenvalue weighted by molar-refractivity contribution is -0.119. The second-order valence-electron chi connectivity index (χ2n) is 9.94. The molecule has 0 saturated carbocycles. The van der Waals surface area contributed by atoms with Crippen molar-refractivity contribution in [3.8, 4) is 11.5 Å². The van der Waals surface area contributed by atoms with Gasteiger partial charge in [-0.1, -0.05) is 47.5 Å². The van der Waals surface area contributed by atoms with Crippen molar-refractivity contribution >= 4 is 39.4 Å². The Morgan fingerprint density at radius 3 is 2.37 bits per heavy atom. The Bertz CT molecular complexity index is 1720. The maximum atomic E-state index is 13.6. The quantitative estimate of drug-likeness (QED) is 0.143. The number of hydrazone groups is 1. The average Bonchev–Trinajstić information content (AvgIpc) is 2.97. The van der Waals surface area contributed by atoms with Crippen molar-refractivity contribution in [1.82, 2.24) is 5.43 Å². The number of nitrogens with zero attached hydrogens (tertiary/aromatic N) is 2. The number of carbonyl (C=O) groups is 1. The molecule has 4 rings (SSSR count). The Morgan fingerprint density at radius 2 is 1.67 bits per heavy atom. The van der Waals surface area contributed by atoms with Crippen LogP contribution in [0.4, 0.5) is 5.69 Å². The number of hydrogen-bond acceptors (Lipinski definition) is 6. The molecule has 0 radical (unpaired) electrons. The van der Waals surface area contributed by atoms with Crippen LogP contribution in [0.25, 0.3) is 0 Å². The van der Waals surface area contributed by atoms with Gasteiger partial charge in [0.15, 0.2) is 11.5 Å². The zero-order valence-electron chi connectivity index (χ0n) is 24.5. The molecule has 0 spiro atoms. The summed E-state index contributed by atoms with van der Waals surface area (Å²) in [6.45, 7) is 7.85. The molecule has 0 atom stereocenters. The van der Waals surface area contributed by atoms with E-state index in [1.807, 2.05) is 52.0 Å². The van der Waals surface area contributed by atoms with Gasteiger partial charge in [-0.3, -0.25) is 9.10 Å². The highest BCUT2D eigenvalue weighted by Crippen LogP contribution is 2.29. The van der Waals surface area contributed by atoms with Crippen LogP contribution >= 0.6 is 11.6 Å². The van der Waals surface area contributed by atoms with Crippen LogP contribution in [0, 0.1) is 20.8 Å². The second kappa shape index (κ2) is 14.2. The van der Waals surface area contributed by atoms with Crippen molar-refractivity contribution in [1.29, 1.82) is 0 Å². The Balaban J connectivity index is 1.49. The lowest BCUT2D eigenvalue weighted by Crippen LogP contribution is -2.39. The van der Waals surface area contributed by atoms with Crippen LogP contribution < -0.4 is 19.2 Å². The van der Waals surface area contributed by atoms with Gasteiger partial charge in [0.1, 0.15) is 13.2 Å². The third-order valence-corrected chi connectivity index (χ3v) is 8.65. The molecule has 10 heteroatoms. The first kappa shape index (κ1) is 31.6. The van der Waals surface area contributed by atoms with Gasteiger partial charge in [-0.2, -0.15) is 5.10 Å². The third-order valence-electron chi connectivity index (χ3n) is 6.63. The van der Waals surface area contributed by atoms with Gasteiger partial charge in [-0.05, 0) is 105 Å².